The molecule has 3 amide bonds. The number of nitrogens with zero attached hydrogens (tertiary/aromatic N) is 5. The number of thioether (sulfide) groups is 1. The number of imide groups is 1. The van der Waals surface area contributed by atoms with Gasteiger partial charge in [0.05, 0.1) is 10.9 Å². The van der Waals surface area contributed by atoms with Crippen molar-refractivity contribution in [3.8, 4) is 5.69 Å². The van der Waals surface area contributed by atoms with E-state index in [0.717, 1.165) is 0 Å². The van der Waals surface area contributed by atoms with Crippen molar-refractivity contribution in [3.63, 3.8) is 0 Å². The largest absolute Gasteiger partial charge is 0.336 e. The van der Waals surface area contributed by atoms with Gasteiger partial charge in [0.2, 0.25) is 11.1 Å². The molecule has 1 aromatic carbocycles. The number of hydrogen-bond acceptors (Lipinski definition) is 6. The second-order valence-electron chi connectivity index (χ2n) is 4.84. The van der Waals surface area contributed by atoms with E-state index in [4.69, 9.17) is 11.6 Å². The van der Waals surface area contributed by atoms with E-state index >= 15 is 0 Å². The summed E-state index contributed by atoms with van der Waals surface area (Å²) in [5.74, 6) is -0.273. The molecule has 2 heterocycles. The number of rotatable bonds is 4. The maximum Gasteiger partial charge on any atom is 0.324 e. The first-order chi connectivity index (χ1) is 11.1. The first-order valence-electron chi connectivity index (χ1n) is 6.86. The smallest absolute Gasteiger partial charge is 0.324 e. The summed E-state index contributed by atoms with van der Waals surface area (Å²) in [4.78, 5) is 25.1. The quantitative estimate of drug-likeness (QED) is 0.835. The monoisotopic (exact) mass is 352 g/mol. The third-order valence-electron chi connectivity index (χ3n) is 3.25. The molecule has 1 aliphatic rings. The van der Waals surface area contributed by atoms with Crippen LogP contribution in [-0.4, -0.2) is 55.4 Å². The maximum atomic E-state index is 12.3. The zero-order valence-corrected chi connectivity index (χ0v) is 13.7. The topological polar surface area (TPSA) is 93.0 Å². The Kier molecular flexibility index (Phi) is 4.49. The second kappa shape index (κ2) is 6.55. The molecular weight excluding hydrogens is 340 g/mol. The molecule has 1 saturated heterocycles. The summed E-state index contributed by atoms with van der Waals surface area (Å²) in [6.45, 7) is 2.57. The average molecular weight is 353 g/mol. The van der Waals surface area contributed by atoms with E-state index in [1.807, 2.05) is 6.07 Å². The minimum Gasteiger partial charge on any atom is -0.336 e. The lowest BCUT2D eigenvalue weighted by atomic mass is 10.3. The van der Waals surface area contributed by atoms with E-state index in [0.29, 0.717) is 29.0 Å². The highest BCUT2D eigenvalue weighted by Crippen LogP contribution is 2.25. The van der Waals surface area contributed by atoms with Crippen LogP contribution >= 0.6 is 23.4 Å². The highest BCUT2D eigenvalue weighted by molar-refractivity contribution is 8.00. The predicted octanol–water partition coefficient (Wildman–Crippen LogP) is 1.35. The van der Waals surface area contributed by atoms with Crippen LogP contribution in [0.15, 0.2) is 29.4 Å². The fraction of sp³-hybridized carbons (Fsp3) is 0.308. The standard InChI is InChI=1S/C13H13ClN6O2S/c1-8(11(21)19-6-5-15-12(19)22)23-13-16-17-18-20(13)10-4-2-3-9(14)7-10/h2-4,7-8H,5-6H2,1H3,(H,15,22). The number of nitrogens with one attached hydrogen (secondary N) is 1. The summed E-state index contributed by atoms with van der Waals surface area (Å²) in [5.41, 5.74) is 0.698. The molecule has 3 rings (SSSR count). The van der Waals surface area contributed by atoms with E-state index in [-0.39, 0.29) is 11.9 Å². The highest BCUT2D eigenvalue weighted by Gasteiger charge is 2.31. The molecule has 0 bridgehead atoms. The first kappa shape index (κ1) is 15.8. The lowest BCUT2D eigenvalue weighted by molar-refractivity contribution is -0.126. The normalized spacial score (nSPS) is 15.6. The average Bonchev–Trinajstić information content (AvgIpc) is 3.15. The second-order valence-corrected chi connectivity index (χ2v) is 6.58. The van der Waals surface area contributed by atoms with E-state index in [1.54, 1.807) is 25.1 Å². The van der Waals surface area contributed by atoms with Crippen molar-refractivity contribution in [2.45, 2.75) is 17.3 Å². The number of urea groups is 1. The minimum absolute atomic E-state index is 0.273. The molecule has 1 N–H and O–H groups in total. The van der Waals surface area contributed by atoms with Gasteiger partial charge in [-0.25, -0.2) is 4.79 Å². The molecule has 0 radical (unpaired) electrons. The minimum atomic E-state index is -0.497. The third kappa shape index (κ3) is 3.30. The van der Waals surface area contributed by atoms with E-state index < -0.39 is 5.25 Å². The predicted molar refractivity (Wildman–Crippen MR) is 84.6 cm³/mol. The molecule has 0 spiro atoms. The number of hydrogen-bond donors (Lipinski definition) is 1. The molecule has 10 heteroatoms. The number of tetrazole rings is 1. The van der Waals surface area contributed by atoms with Crippen LogP contribution in [0.2, 0.25) is 5.02 Å². The summed E-state index contributed by atoms with van der Waals surface area (Å²) in [7, 11) is 0. The van der Waals surface area contributed by atoms with Crippen molar-refractivity contribution in [2.24, 2.45) is 0 Å². The molecule has 2 aromatic rings. The third-order valence-corrected chi connectivity index (χ3v) is 4.50. The number of carbonyl (C=O) groups excluding carboxylic acids is 2. The zero-order valence-electron chi connectivity index (χ0n) is 12.1. The SMILES string of the molecule is CC(Sc1nnnn1-c1cccc(Cl)c1)C(=O)N1CCNC1=O. The van der Waals surface area contributed by atoms with Crippen molar-refractivity contribution in [1.82, 2.24) is 30.4 Å². The van der Waals surface area contributed by atoms with Gasteiger partial charge in [0, 0.05) is 18.1 Å². The van der Waals surface area contributed by atoms with Crippen LogP contribution in [0.1, 0.15) is 6.92 Å². The number of amides is 3. The molecule has 120 valence electrons. The fourth-order valence-electron chi connectivity index (χ4n) is 2.13. The van der Waals surface area contributed by atoms with Gasteiger partial charge in [-0.05, 0) is 35.5 Å². The van der Waals surface area contributed by atoms with Gasteiger partial charge in [-0.3, -0.25) is 9.69 Å². The molecule has 0 saturated carbocycles. The lowest BCUT2D eigenvalue weighted by Crippen LogP contribution is -2.39. The molecule has 1 fully saturated rings. The van der Waals surface area contributed by atoms with Crippen LogP contribution < -0.4 is 5.32 Å². The van der Waals surface area contributed by atoms with E-state index in [2.05, 4.69) is 20.8 Å². The van der Waals surface area contributed by atoms with Crippen molar-refractivity contribution in [3.05, 3.63) is 29.3 Å². The van der Waals surface area contributed by atoms with Gasteiger partial charge >= 0.3 is 6.03 Å². The number of benzene rings is 1. The summed E-state index contributed by atoms with van der Waals surface area (Å²) >= 11 is 7.17. The Balaban J connectivity index is 1.77. The van der Waals surface area contributed by atoms with Crippen molar-refractivity contribution >= 4 is 35.3 Å². The lowest BCUT2D eigenvalue weighted by Gasteiger charge is -2.16. The van der Waals surface area contributed by atoms with E-state index in [1.165, 1.54) is 21.3 Å². The van der Waals surface area contributed by atoms with Crippen LogP contribution in [0, 0.1) is 0 Å². The molecule has 1 aromatic heterocycles. The Morgan fingerprint density at radius 3 is 3.00 bits per heavy atom. The molecule has 8 nitrogen and oxygen atoms in total. The molecular formula is C13H13ClN6O2S. The van der Waals surface area contributed by atoms with Crippen molar-refractivity contribution in [2.75, 3.05) is 13.1 Å². The number of aromatic nitrogens is 4. The zero-order chi connectivity index (χ0) is 16.4. The van der Waals surface area contributed by atoms with Gasteiger partial charge in [-0.15, -0.1) is 5.10 Å². The van der Waals surface area contributed by atoms with E-state index in [9.17, 15) is 9.59 Å². The summed E-state index contributed by atoms with van der Waals surface area (Å²) in [6.07, 6.45) is 0. The molecule has 23 heavy (non-hydrogen) atoms. The van der Waals surface area contributed by atoms with Gasteiger partial charge in [0.15, 0.2) is 0 Å². The van der Waals surface area contributed by atoms with Gasteiger partial charge in [-0.2, -0.15) is 4.68 Å². The van der Waals surface area contributed by atoms with Gasteiger partial charge in [-0.1, -0.05) is 29.4 Å². The van der Waals surface area contributed by atoms with Gasteiger partial charge in [0.25, 0.3) is 0 Å². The molecule has 1 aliphatic heterocycles. The summed E-state index contributed by atoms with van der Waals surface area (Å²) in [5, 5.41) is 14.6. The highest BCUT2D eigenvalue weighted by atomic mass is 35.5. The maximum absolute atomic E-state index is 12.3. The fourth-order valence-corrected chi connectivity index (χ4v) is 3.19. The van der Waals surface area contributed by atoms with Crippen LogP contribution in [0.5, 0.6) is 0 Å². The Morgan fingerprint density at radius 2 is 2.30 bits per heavy atom. The Hall–Kier alpha value is -2.13. The molecule has 1 unspecified atom stereocenters. The van der Waals surface area contributed by atoms with Crippen LogP contribution in [-0.2, 0) is 4.79 Å². The number of carbonyl (C=O) groups is 2. The van der Waals surface area contributed by atoms with Crippen molar-refractivity contribution in [1.29, 1.82) is 0 Å². The molecule has 1 atom stereocenters. The Labute approximate surface area is 141 Å². The molecule has 0 aliphatic carbocycles. The Bertz CT molecular complexity index is 752. The van der Waals surface area contributed by atoms with Crippen LogP contribution in [0.3, 0.4) is 0 Å². The van der Waals surface area contributed by atoms with Crippen LogP contribution in [0.4, 0.5) is 4.79 Å². The van der Waals surface area contributed by atoms with Crippen LogP contribution in [0.25, 0.3) is 5.69 Å². The summed E-state index contributed by atoms with van der Waals surface area (Å²) < 4.78 is 1.50. The van der Waals surface area contributed by atoms with Gasteiger partial charge < -0.3 is 5.32 Å². The van der Waals surface area contributed by atoms with Gasteiger partial charge in [0.1, 0.15) is 0 Å². The number of halogens is 1. The summed E-state index contributed by atoms with van der Waals surface area (Å²) in [6, 6.07) is 6.71. The van der Waals surface area contributed by atoms with Crippen molar-refractivity contribution < 1.29 is 9.59 Å². The first-order valence-corrected chi connectivity index (χ1v) is 8.12. The Morgan fingerprint density at radius 1 is 1.48 bits per heavy atom.